The number of carboxylic acids is 1. The molecule has 2 N–H and O–H groups in total. The van der Waals surface area contributed by atoms with E-state index in [1.54, 1.807) is 0 Å². The van der Waals surface area contributed by atoms with Gasteiger partial charge < -0.3 is 15.3 Å². The van der Waals surface area contributed by atoms with E-state index in [1.165, 1.54) is 12.8 Å². The van der Waals surface area contributed by atoms with Crippen molar-refractivity contribution in [2.75, 3.05) is 13.1 Å². The summed E-state index contributed by atoms with van der Waals surface area (Å²) < 4.78 is 0. The molecule has 2 aliphatic rings. The van der Waals surface area contributed by atoms with Gasteiger partial charge in [-0.05, 0) is 51.9 Å². The molecule has 18 heavy (non-hydrogen) atoms. The molecule has 2 saturated carbocycles. The minimum atomic E-state index is -0.697. The van der Waals surface area contributed by atoms with Crippen molar-refractivity contribution >= 4 is 5.97 Å². The number of rotatable bonds is 9. The Bertz CT molecular complexity index is 286. The fraction of sp³-hybridized carbons (Fsp3) is 0.929. The van der Waals surface area contributed by atoms with Crippen molar-refractivity contribution in [1.82, 2.24) is 10.2 Å². The van der Waals surface area contributed by atoms with Crippen molar-refractivity contribution < 1.29 is 9.90 Å². The number of nitrogens with zero attached hydrogens (tertiary/aromatic N) is 1. The van der Waals surface area contributed by atoms with Gasteiger partial charge in [0.2, 0.25) is 0 Å². The number of nitrogens with one attached hydrogen (secondary N) is 1. The van der Waals surface area contributed by atoms with E-state index >= 15 is 0 Å². The van der Waals surface area contributed by atoms with Gasteiger partial charge in [0.15, 0.2) is 0 Å². The Balaban J connectivity index is 1.75. The molecule has 0 aliphatic heterocycles. The molecule has 1 atom stereocenters. The van der Waals surface area contributed by atoms with E-state index in [-0.39, 0.29) is 6.04 Å². The molecule has 1 unspecified atom stereocenters. The van der Waals surface area contributed by atoms with Crippen LogP contribution in [0.3, 0.4) is 0 Å². The van der Waals surface area contributed by atoms with E-state index in [0.717, 1.165) is 38.3 Å². The first-order valence-corrected chi connectivity index (χ1v) is 7.29. The van der Waals surface area contributed by atoms with E-state index in [2.05, 4.69) is 24.1 Å². The van der Waals surface area contributed by atoms with Gasteiger partial charge in [-0.2, -0.15) is 0 Å². The van der Waals surface area contributed by atoms with E-state index in [0.29, 0.717) is 12.1 Å². The van der Waals surface area contributed by atoms with Gasteiger partial charge in [-0.1, -0.05) is 0 Å². The van der Waals surface area contributed by atoms with Crippen LogP contribution in [0.4, 0.5) is 0 Å². The summed E-state index contributed by atoms with van der Waals surface area (Å²) in [5.74, 6) is 0.170. The summed E-state index contributed by atoms with van der Waals surface area (Å²) in [6.07, 6.45) is 5.70. The zero-order chi connectivity index (χ0) is 13.1. The van der Waals surface area contributed by atoms with E-state index < -0.39 is 5.97 Å². The summed E-state index contributed by atoms with van der Waals surface area (Å²) in [6.45, 7) is 6.44. The average molecular weight is 254 g/mol. The van der Waals surface area contributed by atoms with Gasteiger partial charge in [-0.15, -0.1) is 0 Å². The predicted octanol–water partition coefficient (Wildman–Crippen LogP) is 1.70. The van der Waals surface area contributed by atoms with Crippen LogP contribution in [-0.2, 0) is 4.79 Å². The van der Waals surface area contributed by atoms with Crippen LogP contribution in [0.15, 0.2) is 0 Å². The molecule has 2 rings (SSSR count). The highest BCUT2D eigenvalue weighted by molar-refractivity contribution is 5.73. The molecule has 0 radical (unpaired) electrons. The normalized spacial score (nSPS) is 21.6. The number of hydrogen-bond acceptors (Lipinski definition) is 3. The molecule has 0 aromatic heterocycles. The zero-order valence-electron chi connectivity index (χ0n) is 11.6. The maximum absolute atomic E-state index is 11.2. The molecule has 0 aromatic rings. The Morgan fingerprint density at radius 2 is 2.00 bits per heavy atom. The molecule has 0 spiro atoms. The SMILES string of the molecule is CC(C)N(CCC(NC1CC1)C(=O)O)CC1CC1. The van der Waals surface area contributed by atoms with Crippen LogP contribution in [-0.4, -0.2) is 47.2 Å². The van der Waals surface area contributed by atoms with E-state index in [1.807, 2.05) is 0 Å². The fourth-order valence-electron chi connectivity index (χ4n) is 2.30. The summed E-state index contributed by atoms with van der Waals surface area (Å²) in [5.41, 5.74) is 0. The molecule has 0 heterocycles. The fourth-order valence-corrected chi connectivity index (χ4v) is 2.30. The van der Waals surface area contributed by atoms with Crippen LogP contribution < -0.4 is 5.32 Å². The Morgan fingerprint density at radius 3 is 2.44 bits per heavy atom. The maximum atomic E-state index is 11.2. The summed E-state index contributed by atoms with van der Waals surface area (Å²) in [7, 11) is 0. The number of aliphatic carboxylic acids is 1. The van der Waals surface area contributed by atoms with Crippen LogP contribution in [0, 0.1) is 5.92 Å². The first kappa shape index (κ1) is 13.8. The molecule has 2 fully saturated rings. The minimum Gasteiger partial charge on any atom is -0.480 e. The van der Waals surface area contributed by atoms with Gasteiger partial charge in [-0.25, -0.2) is 0 Å². The van der Waals surface area contributed by atoms with Gasteiger partial charge in [0.25, 0.3) is 0 Å². The summed E-state index contributed by atoms with van der Waals surface area (Å²) in [4.78, 5) is 13.6. The summed E-state index contributed by atoms with van der Waals surface area (Å²) >= 11 is 0. The molecule has 0 saturated heterocycles. The zero-order valence-corrected chi connectivity index (χ0v) is 11.6. The minimum absolute atomic E-state index is 0.363. The molecule has 0 bridgehead atoms. The monoisotopic (exact) mass is 254 g/mol. The Morgan fingerprint density at radius 1 is 1.33 bits per heavy atom. The van der Waals surface area contributed by atoms with Gasteiger partial charge in [-0.3, -0.25) is 4.79 Å². The van der Waals surface area contributed by atoms with Crippen molar-refractivity contribution in [3.8, 4) is 0 Å². The highest BCUT2D eigenvalue weighted by Gasteiger charge is 2.30. The van der Waals surface area contributed by atoms with Crippen LogP contribution >= 0.6 is 0 Å². The van der Waals surface area contributed by atoms with Gasteiger partial charge >= 0.3 is 5.97 Å². The number of hydrogen-bond donors (Lipinski definition) is 2. The van der Waals surface area contributed by atoms with Crippen LogP contribution in [0.1, 0.15) is 46.0 Å². The van der Waals surface area contributed by atoms with Crippen molar-refractivity contribution in [3.63, 3.8) is 0 Å². The average Bonchev–Trinajstić information content (AvgIpc) is 3.15. The smallest absolute Gasteiger partial charge is 0.320 e. The van der Waals surface area contributed by atoms with Crippen molar-refractivity contribution in [2.24, 2.45) is 5.92 Å². The molecule has 2 aliphatic carbocycles. The first-order chi connectivity index (χ1) is 8.56. The highest BCUT2D eigenvalue weighted by atomic mass is 16.4. The molecule has 0 aromatic carbocycles. The van der Waals surface area contributed by atoms with E-state index in [4.69, 9.17) is 0 Å². The second-order valence-electron chi connectivity index (χ2n) is 6.15. The maximum Gasteiger partial charge on any atom is 0.320 e. The standard InChI is InChI=1S/C14H26N2O2/c1-10(2)16(9-11-3-4-11)8-7-13(14(17)18)15-12-5-6-12/h10-13,15H,3-9H2,1-2H3,(H,17,18). The summed E-state index contributed by atoms with van der Waals surface area (Å²) in [6, 6.07) is 0.612. The predicted molar refractivity (Wildman–Crippen MR) is 71.6 cm³/mol. The Kier molecular flexibility index (Phi) is 4.62. The lowest BCUT2D eigenvalue weighted by Crippen LogP contribution is -2.42. The van der Waals surface area contributed by atoms with Gasteiger partial charge in [0.05, 0.1) is 0 Å². The third-order valence-corrected chi connectivity index (χ3v) is 3.94. The number of carboxylic acid groups (broad SMARTS) is 1. The second-order valence-corrected chi connectivity index (χ2v) is 6.15. The molecular weight excluding hydrogens is 228 g/mol. The van der Waals surface area contributed by atoms with Crippen molar-refractivity contribution in [1.29, 1.82) is 0 Å². The van der Waals surface area contributed by atoms with Gasteiger partial charge in [0, 0.05) is 25.2 Å². The molecule has 104 valence electrons. The lowest BCUT2D eigenvalue weighted by atomic mass is 10.1. The van der Waals surface area contributed by atoms with Gasteiger partial charge in [0.1, 0.15) is 6.04 Å². The molecule has 0 amide bonds. The van der Waals surface area contributed by atoms with E-state index in [9.17, 15) is 9.90 Å². The topological polar surface area (TPSA) is 52.6 Å². The molecular formula is C14H26N2O2. The van der Waals surface area contributed by atoms with Crippen molar-refractivity contribution in [2.45, 2.75) is 64.1 Å². The van der Waals surface area contributed by atoms with Crippen molar-refractivity contribution in [3.05, 3.63) is 0 Å². The number of carbonyl (C=O) groups is 1. The van der Waals surface area contributed by atoms with Crippen LogP contribution in [0.5, 0.6) is 0 Å². The third-order valence-electron chi connectivity index (χ3n) is 3.94. The quantitative estimate of drug-likeness (QED) is 0.657. The van der Waals surface area contributed by atoms with Crippen LogP contribution in [0.2, 0.25) is 0 Å². The largest absolute Gasteiger partial charge is 0.480 e. The Labute approximate surface area is 110 Å². The summed E-state index contributed by atoms with van der Waals surface area (Å²) in [5, 5.41) is 12.4. The third kappa shape index (κ3) is 4.58. The molecule has 4 heteroatoms. The van der Waals surface area contributed by atoms with Crippen LogP contribution in [0.25, 0.3) is 0 Å². The lowest BCUT2D eigenvalue weighted by molar-refractivity contribution is -0.139. The highest BCUT2D eigenvalue weighted by Crippen LogP contribution is 2.30. The second kappa shape index (κ2) is 6.02. The molecule has 4 nitrogen and oxygen atoms in total. The lowest BCUT2D eigenvalue weighted by Gasteiger charge is -2.28. The first-order valence-electron chi connectivity index (χ1n) is 7.29. The Hall–Kier alpha value is -0.610.